The lowest BCUT2D eigenvalue weighted by atomic mass is 9.84. The van der Waals surface area contributed by atoms with E-state index in [0.717, 1.165) is 17.4 Å². The number of rotatable bonds is 5. The van der Waals surface area contributed by atoms with Crippen LogP contribution in [0.25, 0.3) is 0 Å². The Kier molecular flexibility index (Phi) is 5.09. The summed E-state index contributed by atoms with van der Waals surface area (Å²) < 4.78 is 5.24. The number of anilines is 1. The molecule has 0 spiro atoms. The van der Waals surface area contributed by atoms with Crippen LogP contribution in [0, 0.1) is 17.2 Å². The minimum Gasteiger partial charge on any atom is -0.479 e. The second-order valence-electron chi connectivity index (χ2n) is 5.30. The summed E-state index contributed by atoms with van der Waals surface area (Å²) in [5.41, 5.74) is 1.13. The topological polar surface area (TPSA) is 45.0 Å². The van der Waals surface area contributed by atoms with Gasteiger partial charge in [-0.2, -0.15) is 5.26 Å². The van der Waals surface area contributed by atoms with Crippen molar-refractivity contribution in [2.24, 2.45) is 5.92 Å². The van der Waals surface area contributed by atoms with E-state index in [1.807, 2.05) is 30.3 Å². The lowest BCUT2D eigenvalue weighted by Gasteiger charge is -2.29. The molecular weight excluding hydrogens is 236 g/mol. The van der Waals surface area contributed by atoms with Crippen LogP contribution in [-0.4, -0.2) is 12.6 Å². The fourth-order valence-electron chi connectivity index (χ4n) is 2.78. The molecule has 0 aromatic heterocycles. The van der Waals surface area contributed by atoms with Gasteiger partial charge < -0.3 is 10.1 Å². The third-order valence-electron chi connectivity index (χ3n) is 3.91. The van der Waals surface area contributed by atoms with Crippen LogP contribution in [-0.2, 0) is 0 Å². The van der Waals surface area contributed by atoms with E-state index in [1.54, 1.807) is 0 Å². The van der Waals surface area contributed by atoms with Crippen LogP contribution >= 0.6 is 0 Å². The Morgan fingerprint density at radius 1 is 1.26 bits per heavy atom. The number of ether oxygens (including phenoxy) is 1. The molecule has 2 rings (SSSR count). The second-order valence-corrected chi connectivity index (χ2v) is 5.30. The van der Waals surface area contributed by atoms with Crippen molar-refractivity contribution in [2.75, 3.05) is 11.9 Å². The summed E-state index contributed by atoms with van der Waals surface area (Å²) in [4.78, 5) is 0. The lowest BCUT2D eigenvalue weighted by Crippen LogP contribution is -2.27. The van der Waals surface area contributed by atoms with Gasteiger partial charge in [-0.15, -0.1) is 0 Å². The molecule has 1 atom stereocenters. The van der Waals surface area contributed by atoms with Gasteiger partial charge in [0.25, 0.3) is 0 Å². The lowest BCUT2D eigenvalue weighted by molar-refractivity contribution is 0.328. The van der Waals surface area contributed by atoms with E-state index in [-0.39, 0.29) is 6.61 Å². The predicted molar refractivity (Wildman–Crippen MR) is 77.2 cm³/mol. The maximum Gasteiger partial charge on any atom is 0.174 e. The zero-order valence-corrected chi connectivity index (χ0v) is 11.6. The Balaban J connectivity index is 1.86. The molecule has 3 nitrogen and oxygen atoms in total. The maximum absolute atomic E-state index is 8.46. The van der Waals surface area contributed by atoms with Gasteiger partial charge in [0.05, 0.1) is 0 Å². The molecule has 3 heteroatoms. The van der Waals surface area contributed by atoms with Gasteiger partial charge in [0.2, 0.25) is 0 Å². The summed E-state index contributed by atoms with van der Waals surface area (Å²) in [5.74, 6) is 1.54. The van der Waals surface area contributed by atoms with Crippen LogP contribution in [0.15, 0.2) is 24.3 Å². The van der Waals surface area contributed by atoms with Crippen molar-refractivity contribution >= 4 is 5.69 Å². The first-order chi connectivity index (χ1) is 9.29. The average molecular weight is 258 g/mol. The number of hydrogen-bond acceptors (Lipinski definition) is 3. The second kappa shape index (κ2) is 7.04. The number of hydrogen-bond donors (Lipinski definition) is 1. The van der Waals surface area contributed by atoms with Crippen LogP contribution < -0.4 is 10.1 Å². The molecule has 1 aliphatic rings. The number of nitrogens with zero attached hydrogens (tertiary/aromatic N) is 1. The van der Waals surface area contributed by atoms with E-state index in [2.05, 4.69) is 12.2 Å². The smallest absolute Gasteiger partial charge is 0.174 e. The minimum atomic E-state index is 0.102. The molecule has 0 heterocycles. The number of benzene rings is 1. The quantitative estimate of drug-likeness (QED) is 0.869. The first kappa shape index (κ1) is 13.7. The third-order valence-corrected chi connectivity index (χ3v) is 3.91. The van der Waals surface area contributed by atoms with E-state index < -0.39 is 0 Å². The van der Waals surface area contributed by atoms with Crippen LogP contribution in [0.2, 0.25) is 0 Å². The van der Waals surface area contributed by atoms with Crippen molar-refractivity contribution in [2.45, 2.75) is 45.1 Å². The van der Waals surface area contributed by atoms with Gasteiger partial charge >= 0.3 is 0 Å². The summed E-state index contributed by atoms with van der Waals surface area (Å²) in [6.45, 7) is 2.38. The fraction of sp³-hybridized carbons (Fsp3) is 0.562. The minimum absolute atomic E-state index is 0.102. The van der Waals surface area contributed by atoms with Crippen molar-refractivity contribution in [3.63, 3.8) is 0 Å². The molecule has 1 aliphatic carbocycles. The van der Waals surface area contributed by atoms with Crippen molar-refractivity contribution in [3.05, 3.63) is 24.3 Å². The Morgan fingerprint density at radius 2 is 1.95 bits per heavy atom. The Bertz CT molecular complexity index is 415. The zero-order valence-electron chi connectivity index (χ0n) is 11.6. The monoisotopic (exact) mass is 258 g/mol. The molecule has 0 radical (unpaired) electrons. The highest BCUT2D eigenvalue weighted by atomic mass is 16.5. The van der Waals surface area contributed by atoms with E-state index in [9.17, 15) is 0 Å². The summed E-state index contributed by atoms with van der Waals surface area (Å²) in [5, 5.41) is 12.0. The van der Waals surface area contributed by atoms with Gasteiger partial charge in [-0.1, -0.05) is 19.3 Å². The summed E-state index contributed by atoms with van der Waals surface area (Å²) >= 11 is 0. The fourth-order valence-corrected chi connectivity index (χ4v) is 2.78. The Labute approximate surface area is 115 Å². The highest BCUT2D eigenvalue weighted by Gasteiger charge is 2.19. The molecule has 0 saturated heterocycles. The predicted octanol–water partition coefficient (Wildman–Crippen LogP) is 3.97. The third kappa shape index (κ3) is 4.17. The first-order valence-electron chi connectivity index (χ1n) is 7.16. The van der Waals surface area contributed by atoms with Crippen LogP contribution in [0.4, 0.5) is 5.69 Å². The van der Waals surface area contributed by atoms with Crippen molar-refractivity contribution in [1.29, 1.82) is 5.26 Å². The van der Waals surface area contributed by atoms with Crippen LogP contribution in [0.5, 0.6) is 5.75 Å². The largest absolute Gasteiger partial charge is 0.479 e. The molecular formula is C16H22N2O. The molecule has 0 aliphatic heterocycles. The molecule has 1 N–H and O–H groups in total. The highest BCUT2D eigenvalue weighted by Crippen LogP contribution is 2.28. The van der Waals surface area contributed by atoms with Gasteiger partial charge in [0.15, 0.2) is 6.61 Å². The van der Waals surface area contributed by atoms with Gasteiger partial charge in [-0.25, -0.2) is 0 Å². The number of nitrogens with one attached hydrogen (secondary N) is 1. The van der Waals surface area contributed by atoms with E-state index in [4.69, 9.17) is 10.00 Å². The SMILES string of the molecule is CC(Nc1ccc(OCC#N)cc1)C1CCCCC1. The molecule has 1 saturated carbocycles. The van der Waals surface area contributed by atoms with E-state index in [0.29, 0.717) is 6.04 Å². The van der Waals surface area contributed by atoms with Gasteiger partial charge in [0.1, 0.15) is 11.8 Å². The number of nitriles is 1. The first-order valence-corrected chi connectivity index (χ1v) is 7.16. The van der Waals surface area contributed by atoms with Crippen molar-refractivity contribution < 1.29 is 4.74 Å². The summed E-state index contributed by atoms with van der Waals surface area (Å²) in [7, 11) is 0. The van der Waals surface area contributed by atoms with Crippen molar-refractivity contribution in [1.82, 2.24) is 0 Å². The standard InChI is InChI=1S/C16H22N2O/c1-13(14-5-3-2-4-6-14)18-15-7-9-16(10-8-15)19-12-11-17/h7-10,13-14,18H,2-6,12H2,1H3. The van der Waals surface area contributed by atoms with Gasteiger partial charge in [-0.3, -0.25) is 0 Å². The van der Waals surface area contributed by atoms with Crippen LogP contribution in [0.1, 0.15) is 39.0 Å². The van der Waals surface area contributed by atoms with E-state index in [1.165, 1.54) is 32.1 Å². The normalized spacial score (nSPS) is 17.5. The Hall–Kier alpha value is -1.69. The highest BCUT2D eigenvalue weighted by molar-refractivity contribution is 5.47. The maximum atomic E-state index is 8.46. The van der Waals surface area contributed by atoms with Crippen molar-refractivity contribution in [3.8, 4) is 11.8 Å². The average Bonchev–Trinajstić information content (AvgIpc) is 2.47. The molecule has 19 heavy (non-hydrogen) atoms. The summed E-state index contributed by atoms with van der Waals surface area (Å²) in [6.07, 6.45) is 6.83. The zero-order chi connectivity index (χ0) is 13.5. The molecule has 1 aromatic carbocycles. The van der Waals surface area contributed by atoms with Crippen LogP contribution in [0.3, 0.4) is 0 Å². The molecule has 1 fully saturated rings. The van der Waals surface area contributed by atoms with Gasteiger partial charge in [0, 0.05) is 11.7 Å². The molecule has 102 valence electrons. The molecule has 0 amide bonds. The molecule has 1 unspecified atom stereocenters. The molecule has 1 aromatic rings. The molecule has 0 bridgehead atoms. The van der Waals surface area contributed by atoms with E-state index >= 15 is 0 Å². The summed E-state index contributed by atoms with van der Waals surface area (Å²) in [6, 6.07) is 10.3. The van der Waals surface area contributed by atoms with Gasteiger partial charge in [-0.05, 0) is 49.9 Å². The Morgan fingerprint density at radius 3 is 2.58 bits per heavy atom.